The number of rotatable bonds is 0. The summed E-state index contributed by atoms with van der Waals surface area (Å²) in [6.45, 7) is 1.24. The molecule has 4 nitrogen and oxygen atoms in total. The van der Waals surface area contributed by atoms with Crippen LogP contribution in [0.3, 0.4) is 0 Å². The highest BCUT2D eigenvalue weighted by atomic mass is 127. The number of quaternary nitrogens is 1. The van der Waals surface area contributed by atoms with E-state index in [9.17, 15) is 0 Å². The van der Waals surface area contributed by atoms with E-state index < -0.39 is 0 Å². The molecule has 4 atom stereocenters. The highest BCUT2D eigenvalue weighted by Crippen LogP contribution is 2.42. The predicted molar refractivity (Wildman–Crippen MR) is 67.0 cm³/mol. The van der Waals surface area contributed by atoms with Crippen molar-refractivity contribution >= 4 is 5.69 Å². The van der Waals surface area contributed by atoms with E-state index in [1.54, 1.807) is 5.70 Å². The molecule has 0 spiro atoms. The Hall–Kier alpha value is -0.660. The van der Waals surface area contributed by atoms with Crippen molar-refractivity contribution in [2.45, 2.75) is 37.5 Å². The normalized spacial score (nSPS) is 37.3. The molecule has 4 aliphatic heterocycles. The van der Waals surface area contributed by atoms with Crippen molar-refractivity contribution in [2.24, 2.45) is 0 Å². The van der Waals surface area contributed by atoms with Gasteiger partial charge in [-0.2, -0.15) is 0 Å². The molecule has 0 aliphatic carbocycles. The van der Waals surface area contributed by atoms with Gasteiger partial charge in [0.15, 0.2) is 6.17 Å². The molecule has 4 aliphatic rings. The third-order valence-electron chi connectivity index (χ3n) is 4.89. The van der Waals surface area contributed by atoms with Gasteiger partial charge in [-0.25, -0.2) is 0 Å². The van der Waals surface area contributed by atoms with Gasteiger partial charge >= 0.3 is 0 Å². The molecule has 1 aromatic heterocycles. The maximum Gasteiger partial charge on any atom is 0.189 e. The third kappa shape index (κ3) is 1.55. The molecular weight excluding hydrogens is 351 g/mol. The van der Waals surface area contributed by atoms with Gasteiger partial charge in [0.1, 0.15) is 17.9 Å². The Morgan fingerprint density at radius 3 is 3.26 bits per heavy atom. The minimum atomic E-state index is 0. The maximum atomic E-state index is 4.29. The van der Waals surface area contributed by atoms with E-state index in [1.807, 2.05) is 12.4 Å². The lowest BCUT2D eigenvalue weighted by molar-refractivity contribution is -0.812. The number of halogens is 1. The number of pyridine rings is 1. The van der Waals surface area contributed by atoms with Crippen LogP contribution in [0.4, 0.5) is 5.69 Å². The number of allylic oxidation sites excluding steroid dienone is 1. The Bertz CT molecular complexity index is 558. The molecule has 1 aromatic rings. The van der Waals surface area contributed by atoms with E-state index in [0.29, 0.717) is 18.2 Å². The van der Waals surface area contributed by atoms with Gasteiger partial charge < -0.3 is 28.9 Å². The molecule has 2 saturated heterocycles. The number of hydrogen-bond acceptors (Lipinski definition) is 3. The summed E-state index contributed by atoms with van der Waals surface area (Å²) >= 11 is 0. The van der Waals surface area contributed by atoms with Crippen LogP contribution in [-0.2, 0) is 0 Å². The zero-order valence-corrected chi connectivity index (χ0v) is 12.8. The van der Waals surface area contributed by atoms with Crippen LogP contribution in [0.15, 0.2) is 30.4 Å². The van der Waals surface area contributed by atoms with E-state index >= 15 is 0 Å². The molecule has 0 aromatic carbocycles. The molecule has 5 heteroatoms. The molecule has 5 rings (SSSR count). The molecular formula is C14H17IN4. The Balaban J connectivity index is 0.000000968. The zero-order chi connectivity index (χ0) is 11.7. The number of aromatic nitrogens is 1. The lowest BCUT2D eigenvalue weighted by Gasteiger charge is -2.34. The number of fused-ring (bicyclic) bond motifs is 8. The summed E-state index contributed by atoms with van der Waals surface area (Å²) in [5.41, 5.74) is 4.41. The fourth-order valence-corrected chi connectivity index (χ4v) is 4.03. The first-order valence-electron chi connectivity index (χ1n) is 6.98. The van der Waals surface area contributed by atoms with Crippen LogP contribution in [0.5, 0.6) is 0 Å². The Labute approximate surface area is 129 Å². The van der Waals surface area contributed by atoms with E-state index in [0.717, 1.165) is 0 Å². The molecule has 100 valence electrons. The van der Waals surface area contributed by atoms with Crippen molar-refractivity contribution in [1.82, 2.24) is 15.2 Å². The van der Waals surface area contributed by atoms with Gasteiger partial charge in [-0.3, -0.25) is 15.2 Å². The van der Waals surface area contributed by atoms with E-state index in [2.05, 4.69) is 27.5 Å². The minimum absolute atomic E-state index is 0. The van der Waals surface area contributed by atoms with Gasteiger partial charge in [-0.05, 0) is 19.3 Å². The zero-order valence-electron chi connectivity index (χ0n) is 10.6. The Morgan fingerprint density at radius 2 is 2.32 bits per heavy atom. The van der Waals surface area contributed by atoms with Crippen molar-refractivity contribution < 1.29 is 28.9 Å². The molecule has 5 heterocycles. The summed E-state index contributed by atoms with van der Waals surface area (Å²) in [6.07, 6.45) is 11.0. The van der Waals surface area contributed by atoms with E-state index in [4.69, 9.17) is 0 Å². The number of hydrogen-bond donors (Lipinski definition) is 2. The quantitative estimate of drug-likeness (QED) is 0.387. The van der Waals surface area contributed by atoms with E-state index in [1.165, 1.54) is 42.0 Å². The van der Waals surface area contributed by atoms with Crippen LogP contribution in [0.1, 0.15) is 30.9 Å². The second-order valence-corrected chi connectivity index (χ2v) is 5.82. The highest BCUT2D eigenvalue weighted by molar-refractivity contribution is 5.47. The Morgan fingerprint density at radius 1 is 1.37 bits per heavy atom. The second kappa shape index (κ2) is 4.17. The van der Waals surface area contributed by atoms with Crippen molar-refractivity contribution in [2.75, 3.05) is 6.54 Å². The highest BCUT2D eigenvalue weighted by Gasteiger charge is 2.59. The van der Waals surface area contributed by atoms with Crippen molar-refractivity contribution in [3.05, 3.63) is 35.9 Å². The van der Waals surface area contributed by atoms with Gasteiger partial charge in [-0.1, -0.05) is 0 Å². The topological polar surface area (TPSA) is 42.5 Å². The second-order valence-electron chi connectivity index (χ2n) is 5.82. The average Bonchev–Trinajstić information content (AvgIpc) is 3.13. The summed E-state index contributed by atoms with van der Waals surface area (Å²) in [7, 11) is 0. The first-order chi connectivity index (χ1) is 8.93. The maximum absolute atomic E-state index is 4.29. The van der Waals surface area contributed by atoms with Crippen molar-refractivity contribution in [1.29, 1.82) is 0 Å². The molecule has 2 fully saturated rings. The van der Waals surface area contributed by atoms with Crippen LogP contribution >= 0.6 is 0 Å². The van der Waals surface area contributed by atoms with Crippen LogP contribution in [0.25, 0.3) is 0 Å². The summed E-state index contributed by atoms with van der Waals surface area (Å²) in [6, 6.07) is 3.38. The number of nitrogens with one attached hydrogen (secondary N) is 2. The first-order valence-corrected chi connectivity index (χ1v) is 6.98. The van der Waals surface area contributed by atoms with Crippen LogP contribution in [0, 0.1) is 0 Å². The summed E-state index contributed by atoms with van der Waals surface area (Å²) in [5, 5.41) is 3.66. The SMILES string of the molecule is C1=C2CCCCN2C2C3NC3c3cnccc3[NH+]12.[I-]. The first kappa shape index (κ1) is 12.1. The summed E-state index contributed by atoms with van der Waals surface area (Å²) in [4.78, 5) is 8.48. The lowest BCUT2D eigenvalue weighted by atomic mass is 10.0. The van der Waals surface area contributed by atoms with Gasteiger partial charge in [-0.15, -0.1) is 0 Å². The standard InChI is InChI=1S/C14H16N4.HI/c1-2-6-17-9(3-1)8-18-11-4-5-15-7-10(11)12-13(16-12)14(17)18;/h4-5,7-8,12-14,16H,1-3,6H2;1H. The molecule has 0 amide bonds. The fourth-order valence-electron chi connectivity index (χ4n) is 4.03. The third-order valence-corrected chi connectivity index (χ3v) is 4.89. The average molecular weight is 368 g/mol. The lowest BCUT2D eigenvalue weighted by Crippen LogP contribution is -3.09. The molecule has 2 N–H and O–H groups in total. The largest absolute Gasteiger partial charge is 1.00 e. The molecule has 0 bridgehead atoms. The monoisotopic (exact) mass is 368 g/mol. The van der Waals surface area contributed by atoms with Gasteiger partial charge in [0.25, 0.3) is 0 Å². The van der Waals surface area contributed by atoms with Crippen LogP contribution in [0.2, 0.25) is 0 Å². The van der Waals surface area contributed by atoms with Gasteiger partial charge in [0.2, 0.25) is 0 Å². The fraction of sp³-hybridized carbons (Fsp3) is 0.500. The minimum Gasteiger partial charge on any atom is -1.00 e. The smallest absolute Gasteiger partial charge is 0.189 e. The molecule has 19 heavy (non-hydrogen) atoms. The molecule has 0 saturated carbocycles. The molecule has 4 unspecified atom stereocenters. The summed E-state index contributed by atoms with van der Waals surface area (Å²) < 4.78 is 0. The van der Waals surface area contributed by atoms with Crippen LogP contribution < -0.4 is 34.2 Å². The predicted octanol–water partition coefficient (Wildman–Crippen LogP) is -2.70. The number of nitrogens with zero attached hydrogens (tertiary/aromatic N) is 2. The summed E-state index contributed by atoms with van der Waals surface area (Å²) in [5.74, 6) is 0. The van der Waals surface area contributed by atoms with Gasteiger partial charge in [0.05, 0.1) is 17.3 Å². The van der Waals surface area contributed by atoms with E-state index in [-0.39, 0.29) is 24.0 Å². The van der Waals surface area contributed by atoms with Gasteiger partial charge in [0, 0.05) is 25.0 Å². The van der Waals surface area contributed by atoms with Crippen molar-refractivity contribution in [3.63, 3.8) is 0 Å². The Kier molecular flexibility index (Phi) is 2.65. The van der Waals surface area contributed by atoms with Crippen molar-refractivity contribution in [3.8, 4) is 0 Å². The number of piperidine rings is 1. The molecule has 0 radical (unpaired) electrons. The van der Waals surface area contributed by atoms with Crippen LogP contribution in [-0.4, -0.2) is 28.6 Å².